The Kier molecular flexibility index (Phi) is 17.6. The minimum absolute atomic E-state index is 0. The molecule has 82 heavy (non-hydrogen) atoms. The fourth-order valence-corrected chi connectivity index (χ4v) is 12.6. The first-order chi connectivity index (χ1) is 38.7. The molecule has 0 saturated carbocycles. The maximum absolute atomic E-state index is 14.4. The number of carbonyl (C=O) groups excluding carboxylic acids is 2. The van der Waals surface area contributed by atoms with E-state index in [-0.39, 0.29) is 54.1 Å². The van der Waals surface area contributed by atoms with Crippen molar-refractivity contribution in [2.24, 2.45) is 9.98 Å². The van der Waals surface area contributed by atoms with Gasteiger partial charge in [-0.25, -0.2) is 9.97 Å². The number of allylic oxidation sites excluding steroid dienone is 5. The summed E-state index contributed by atoms with van der Waals surface area (Å²) in [5, 5.41) is 4.15. The van der Waals surface area contributed by atoms with E-state index in [2.05, 4.69) is 116 Å². The summed E-state index contributed by atoms with van der Waals surface area (Å²) in [6.07, 6.45) is 4.67. The third kappa shape index (κ3) is 11.2. The van der Waals surface area contributed by atoms with Gasteiger partial charge in [0.25, 0.3) is 0 Å². The Labute approximate surface area is 502 Å². The molecule has 10 nitrogen and oxygen atoms in total. The predicted octanol–water partition coefficient (Wildman–Crippen LogP) is 12.1. The molecule has 2 amide bonds. The zero-order valence-electron chi connectivity index (χ0n) is 47.0. The van der Waals surface area contributed by atoms with E-state index in [1.165, 1.54) is 22.7 Å². The van der Waals surface area contributed by atoms with Gasteiger partial charge in [-0.1, -0.05) is 151 Å². The molecule has 0 atom stereocenters. The van der Waals surface area contributed by atoms with Crippen LogP contribution < -0.4 is 32.0 Å². The van der Waals surface area contributed by atoms with Gasteiger partial charge in [-0.2, -0.15) is 9.98 Å². The summed E-state index contributed by atoms with van der Waals surface area (Å²) < 4.78 is 4.20. The summed E-state index contributed by atoms with van der Waals surface area (Å²) in [7, 11) is 0. The SMILES string of the molecule is C=CC1=C(C)c2cc3[n-]c(cc4nc(cc5[n-]c(cc1n2)c(C)c5CCC(=O)N=c1scc(-c2ccccc2)n1-c1cccc(C)c1C)C(CCC(=O)N=c1scc(-c2ccccc2)n1-c1cccc(C)c1C)=C4C)c(C)c3C=C.[Cl-].[Fe+3]. The molecule has 0 N–H and O–H groups in total. The molecule has 0 unspecified atom stereocenters. The van der Waals surface area contributed by atoms with Gasteiger partial charge in [-0.15, -0.1) is 44.7 Å². The number of hydrogen-bond donors (Lipinski definition) is 0. The first-order valence-electron chi connectivity index (χ1n) is 26.8. The van der Waals surface area contributed by atoms with E-state index >= 15 is 0 Å². The van der Waals surface area contributed by atoms with Crippen LogP contribution in [0.15, 0.2) is 161 Å². The van der Waals surface area contributed by atoms with Crippen molar-refractivity contribution in [2.45, 2.75) is 81.1 Å². The van der Waals surface area contributed by atoms with Gasteiger partial charge in [0.05, 0.1) is 45.5 Å². The van der Waals surface area contributed by atoms with Gasteiger partial charge < -0.3 is 22.4 Å². The van der Waals surface area contributed by atoms with Crippen molar-refractivity contribution in [3.05, 3.63) is 228 Å². The van der Waals surface area contributed by atoms with Crippen molar-refractivity contribution in [3.63, 3.8) is 0 Å². The van der Waals surface area contributed by atoms with Gasteiger partial charge in [-0.3, -0.25) is 18.7 Å². The molecule has 11 rings (SSSR count). The topological polar surface area (TPSA) is 123 Å². The molecule has 14 heteroatoms. The van der Waals surface area contributed by atoms with Gasteiger partial charge in [-0.05, 0) is 136 Å². The summed E-state index contributed by atoms with van der Waals surface area (Å²) in [5.74, 6) is -0.496. The number of aromatic nitrogens is 6. The zero-order valence-corrected chi connectivity index (χ0v) is 50.5. The molecule has 2 aliphatic rings. The van der Waals surface area contributed by atoms with Crippen LogP contribution in [0.4, 0.5) is 0 Å². The second kappa shape index (κ2) is 24.6. The minimum Gasteiger partial charge on any atom is -1.00 e. The van der Waals surface area contributed by atoms with Crippen LogP contribution in [0, 0.1) is 41.5 Å². The van der Waals surface area contributed by atoms with Crippen molar-refractivity contribution < 1.29 is 39.1 Å². The van der Waals surface area contributed by atoms with Crippen LogP contribution in [-0.2, 0) is 33.1 Å². The van der Waals surface area contributed by atoms with Gasteiger partial charge in [0.15, 0.2) is 9.60 Å². The smallest absolute Gasteiger partial charge is 1.00 e. The normalized spacial score (nSPS) is 12.6. The third-order valence-corrected chi connectivity index (χ3v) is 17.3. The molecule has 7 heterocycles. The Bertz CT molecular complexity index is 4430. The van der Waals surface area contributed by atoms with Crippen molar-refractivity contribution in [1.82, 2.24) is 29.1 Å². The van der Waals surface area contributed by atoms with Crippen LogP contribution in [0.3, 0.4) is 0 Å². The molecule has 5 aromatic heterocycles. The second-order valence-corrected chi connectivity index (χ2v) is 22.1. The number of amides is 2. The number of thiazole rings is 2. The molecule has 9 aromatic rings. The molecule has 2 aliphatic heterocycles. The first-order valence-corrected chi connectivity index (χ1v) is 28.6. The van der Waals surface area contributed by atoms with Gasteiger partial charge in [0, 0.05) is 29.2 Å². The molecule has 0 fully saturated rings. The Morgan fingerprint density at radius 1 is 0.537 bits per heavy atom. The molecule has 4 aromatic carbocycles. The second-order valence-electron chi connectivity index (χ2n) is 20.5. The van der Waals surface area contributed by atoms with Crippen LogP contribution >= 0.6 is 22.7 Å². The average Bonchev–Trinajstić information content (AvgIpc) is 4.39. The molecule has 411 valence electrons. The molecular weight excluding hydrogens is 1120 g/mol. The Hall–Kier alpha value is -8.03. The number of aryl methyl sites for hydroxylation is 5. The van der Waals surface area contributed by atoms with E-state index in [1.54, 1.807) is 0 Å². The Balaban J connectivity index is 0.00000405. The molecule has 0 saturated heterocycles. The Morgan fingerprint density at radius 2 is 1.01 bits per heavy atom. The number of halogens is 1. The number of rotatable bonds is 12. The number of benzene rings is 4. The number of nitrogens with zero attached hydrogens (tertiary/aromatic N) is 8. The largest absolute Gasteiger partial charge is 3.00 e. The number of hydrogen-bond acceptors (Lipinski definition) is 6. The average molecular weight is 1180 g/mol. The summed E-state index contributed by atoms with van der Waals surface area (Å²) >= 11 is 2.91. The molecule has 1 radical (unpaired) electrons. The standard InChI is InChI=1S/C68H60N8O2S2.ClH.Fe/c1-11-49-43(7)53-33-54-45(9)51(29-31-65(77)73-67-75(61-27-19-21-39(3)41(61)5)63(37-79-67)47-23-15-13-16-24-47)59(71-54)36-60-52(46(10)56(72-60)35-58-50(12-2)44(8)55(70-58)34-57(49)69-53)30-32-66(78)74-68-76(62-28-20-22-40(4)42(62)6)64(38-80-68)48-25-17-14-18-26-48;;/h11-28,33-38H,1-2,29-32H2,3-10H3;1H;/q-2;;+3/p-1. The molecule has 0 spiro atoms. The monoisotopic (exact) mass is 1180 g/mol. The minimum atomic E-state index is -0.248. The van der Waals surface area contributed by atoms with Gasteiger partial charge >= 0.3 is 17.1 Å². The number of fused-ring (bicyclic) bond motifs is 8. The summed E-state index contributed by atoms with van der Waals surface area (Å²) in [5.41, 5.74) is 23.7. The van der Waals surface area contributed by atoms with Crippen molar-refractivity contribution in [3.8, 4) is 33.9 Å². The quantitative estimate of drug-likeness (QED) is 0.112. The fraction of sp³-hybridized carbons (Fsp3) is 0.176. The van der Waals surface area contributed by atoms with Crippen molar-refractivity contribution >= 4 is 84.9 Å². The van der Waals surface area contributed by atoms with E-state index in [0.717, 1.165) is 134 Å². The van der Waals surface area contributed by atoms with E-state index < -0.39 is 0 Å². The van der Waals surface area contributed by atoms with Crippen LogP contribution in [0.25, 0.3) is 84.3 Å². The van der Waals surface area contributed by atoms with E-state index in [4.69, 9.17) is 29.9 Å². The predicted molar refractivity (Wildman–Crippen MR) is 329 cm³/mol. The molecule has 0 aliphatic carbocycles. The number of carbonyl (C=O) groups is 2. The van der Waals surface area contributed by atoms with Crippen LogP contribution in [0.2, 0.25) is 0 Å². The maximum atomic E-state index is 14.4. The maximum Gasteiger partial charge on any atom is 3.00 e. The van der Waals surface area contributed by atoms with Crippen molar-refractivity contribution in [2.75, 3.05) is 0 Å². The summed E-state index contributed by atoms with van der Waals surface area (Å²) in [6, 6.07) is 40.9. The van der Waals surface area contributed by atoms with Gasteiger partial charge in [0.2, 0.25) is 11.8 Å². The fourth-order valence-electron chi connectivity index (χ4n) is 10.8. The summed E-state index contributed by atoms with van der Waals surface area (Å²) in [4.78, 5) is 60.6. The Morgan fingerprint density at radius 3 is 1.56 bits per heavy atom. The van der Waals surface area contributed by atoms with E-state index in [9.17, 15) is 9.59 Å². The van der Waals surface area contributed by atoms with Crippen LogP contribution in [-0.4, -0.2) is 30.9 Å². The summed E-state index contributed by atoms with van der Waals surface area (Å²) in [6.45, 7) is 25.0. The van der Waals surface area contributed by atoms with Gasteiger partial charge in [0.1, 0.15) is 0 Å². The first kappa shape index (κ1) is 58.6. The molecular formula is C68H60ClFeN8O2S2. The van der Waals surface area contributed by atoms with Crippen LogP contribution in [0.5, 0.6) is 0 Å². The van der Waals surface area contributed by atoms with E-state index in [0.29, 0.717) is 33.7 Å². The molecule has 8 bridgehead atoms. The van der Waals surface area contributed by atoms with Crippen molar-refractivity contribution in [1.29, 1.82) is 0 Å². The zero-order chi connectivity index (χ0) is 55.9. The third-order valence-electron chi connectivity index (χ3n) is 15.7. The van der Waals surface area contributed by atoms with Crippen LogP contribution in [0.1, 0.15) is 100 Å². The van der Waals surface area contributed by atoms with E-state index in [1.807, 2.05) is 106 Å².